The topological polar surface area (TPSA) is 81.7 Å². The predicted octanol–water partition coefficient (Wildman–Crippen LogP) is 1.47. The van der Waals surface area contributed by atoms with Gasteiger partial charge >= 0.3 is 0 Å². The summed E-state index contributed by atoms with van der Waals surface area (Å²) in [4.78, 5) is -0.294. The molecule has 1 aromatic carbocycles. The third-order valence-corrected chi connectivity index (χ3v) is 2.86. The minimum Gasteiger partial charge on any atom is -0.223 e. The summed E-state index contributed by atoms with van der Waals surface area (Å²) < 4.78 is 22.3. The number of allylic oxidation sites excluding steroid dienone is 1. The van der Waals surface area contributed by atoms with E-state index in [1.807, 2.05) is 6.07 Å². The standard InChI is InChI=1S/C11H8N2O2S/c1-16(14,15)11(8-13)6-9-2-4-10(7-12)5-3-9/h2-6H,1H3/b11-6+. The van der Waals surface area contributed by atoms with Gasteiger partial charge in [0.2, 0.25) is 0 Å². The zero-order chi connectivity index (χ0) is 12.2. The van der Waals surface area contributed by atoms with Gasteiger partial charge in [0, 0.05) is 6.26 Å². The van der Waals surface area contributed by atoms with Crippen molar-refractivity contribution in [3.05, 3.63) is 40.3 Å². The number of rotatable bonds is 2. The van der Waals surface area contributed by atoms with Gasteiger partial charge in [-0.15, -0.1) is 0 Å². The maximum absolute atomic E-state index is 11.1. The highest BCUT2D eigenvalue weighted by Crippen LogP contribution is 2.11. The molecule has 0 aliphatic carbocycles. The van der Waals surface area contributed by atoms with Gasteiger partial charge in [0.15, 0.2) is 9.84 Å². The fourth-order valence-corrected chi connectivity index (χ4v) is 1.54. The lowest BCUT2D eigenvalue weighted by atomic mass is 10.1. The molecule has 16 heavy (non-hydrogen) atoms. The number of nitrogens with zero attached hydrogens (tertiary/aromatic N) is 2. The second-order valence-electron chi connectivity index (χ2n) is 3.13. The highest BCUT2D eigenvalue weighted by Gasteiger charge is 2.09. The smallest absolute Gasteiger partial charge is 0.185 e. The Morgan fingerprint density at radius 3 is 2.19 bits per heavy atom. The van der Waals surface area contributed by atoms with E-state index in [0.717, 1.165) is 6.26 Å². The van der Waals surface area contributed by atoms with Gasteiger partial charge in [0.1, 0.15) is 11.0 Å². The molecule has 1 rings (SSSR count). The van der Waals surface area contributed by atoms with Gasteiger partial charge in [-0.3, -0.25) is 0 Å². The van der Waals surface area contributed by atoms with Gasteiger partial charge in [-0.05, 0) is 23.8 Å². The summed E-state index contributed by atoms with van der Waals surface area (Å²) in [7, 11) is -3.49. The number of nitriles is 2. The van der Waals surface area contributed by atoms with Gasteiger partial charge in [-0.2, -0.15) is 10.5 Å². The van der Waals surface area contributed by atoms with E-state index in [4.69, 9.17) is 10.5 Å². The molecule has 4 nitrogen and oxygen atoms in total. The molecule has 0 amide bonds. The molecule has 0 fully saturated rings. The van der Waals surface area contributed by atoms with E-state index in [-0.39, 0.29) is 4.91 Å². The Bertz CT molecular complexity index is 599. The van der Waals surface area contributed by atoms with Crippen molar-refractivity contribution in [1.29, 1.82) is 10.5 Å². The van der Waals surface area contributed by atoms with Crippen LogP contribution in [-0.4, -0.2) is 14.7 Å². The second-order valence-corrected chi connectivity index (χ2v) is 5.11. The van der Waals surface area contributed by atoms with Crippen molar-refractivity contribution in [2.75, 3.05) is 6.26 Å². The van der Waals surface area contributed by atoms with Gasteiger partial charge in [0.25, 0.3) is 0 Å². The maximum Gasteiger partial charge on any atom is 0.185 e. The molecule has 0 spiro atoms. The Balaban J connectivity index is 3.18. The Morgan fingerprint density at radius 1 is 1.25 bits per heavy atom. The van der Waals surface area contributed by atoms with Gasteiger partial charge < -0.3 is 0 Å². The molecule has 0 aliphatic heterocycles. The van der Waals surface area contributed by atoms with Crippen molar-refractivity contribution in [3.8, 4) is 12.1 Å². The molecule has 5 heteroatoms. The van der Waals surface area contributed by atoms with Crippen LogP contribution in [0.1, 0.15) is 11.1 Å². The average molecular weight is 232 g/mol. The predicted molar refractivity (Wildman–Crippen MR) is 59.6 cm³/mol. The largest absolute Gasteiger partial charge is 0.223 e. The monoisotopic (exact) mass is 232 g/mol. The van der Waals surface area contributed by atoms with Crippen LogP contribution in [0.4, 0.5) is 0 Å². The van der Waals surface area contributed by atoms with Crippen LogP contribution in [0.25, 0.3) is 6.08 Å². The zero-order valence-corrected chi connectivity index (χ0v) is 9.32. The third-order valence-electron chi connectivity index (χ3n) is 1.85. The Hall–Kier alpha value is -2.11. The van der Waals surface area contributed by atoms with E-state index in [1.54, 1.807) is 30.3 Å². The summed E-state index contributed by atoms with van der Waals surface area (Å²) in [6.45, 7) is 0. The summed E-state index contributed by atoms with van der Waals surface area (Å²) in [5.41, 5.74) is 1.05. The van der Waals surface area contributed by atoms with Crippen molar-refractivity contribution in [3.63, 3.8) is 0 Å². The zero-order valence-electron chi connectivity index (χ0n) is 8.51. The van der Waals surface area contributed by atoms with Crippen molar-refractivity contribution in [1.82, 2.24) is 0 Å². The van der Waals surface area contributed by atoms with Gasteiger partial charge in [-0.25, -0.2) is 8.42 Å². The van der Waals surface area contributed by atoms with Gasteiger partial charge in [0.05, 0.1) is 11.6 Å². The first-order chi connectivity index (χ1) is 7.47. The van der Waals surface area contributed by atoms with Crippen molar-refractivity contribution < 1.29 is 8.42 Å². The van der Waals surface area contributed by atoms with E-state index in [2.05, 4.69) is 0 Å². The molecule has 0 bridgehead atoms. The number of hydrogen-bond acceptors (Lipinski definition) is 4. The lowest BCUT2D eigenvalue weighted by Crippen LogP contribution is -1.98. The minimum atomic E-state index is -3.49. The number of hydrogen-bond donors (Lipinski definition) is 0. The molecule has 0 unspecified atom stereocenters. The molecular formula is C11H8N2O2S. The second kappa shape index (κ2) is 4.61. The van der Waals surface area contributed by atoms with Crippen LogP contribution in [0.2, 0.25) is 0 Å². The van der Waals surface area contributed by atoms with Crippen molar-refractivity contribution in [2.24, 2.45) is 0 Å². The highest BCUT2D eigenvalue weighted by atomic mass is 32.2. The molecule has 1 aromatic rings. The lowest BCUT2D eigenvalue weighted by Gasteiger charge is -1.96. The summed E-state index contributed by atoms with van der Waals surface area (Å²) in [6, 6.07) is 9.86. The lowest BCUT2D eigenvalue weighted by molar-refractivity contribution is 0.609. The summed E-state index contributed by atoms with van der Waals surface area (Å²) in [6.07, 6.45) is 2.25. The molecule has 0 N–H and O–H groups in total. The Labute approximate surface area is 94.0 Å². The molecule has 0 aromatic heterocycles. The van der Waals surface area contributed by atoms with Crippen molar-refractivity contribution >= 4 is 15.9 Å². The number of benzene rings is 1. The molecule has 0 saturated heterocycles. The molecule has 0 heterocycles. The number of sulfone groups is 1. The highest BCUT2D eigenvalue weighted by molar-refractivity contribution is 7.95. The van der Waals surface area contributed by atoms with Crippen molar-refractivity contribution in [2.45, 2.75) is 0 Å². The third kappa shape index (κ3) is 2.94. The van der Waals surface area contributed by atoms with Gasteiger partial charge in [-0.1, -0.05) is 12.1 Å². The quantitative estimate of drug-likeness (QED) is 0.723. The molecular weight excluding hydrogens is 224 g/mol. The molecule has 0 atom stereocenters. The molecule has 0 aliphatic rings. The maximum atomic E-state index is 11.1. The van der Waals surface area contributed by atoms with Crippen LogP contribution >= 0.6 is 0 Å². The van der Waals surface area contributed by atoms with E-state index >= 15 is 0 Å². The SMILES string of the molecule is CS(=O)(=O)/C(C#N)=C/c1ccc(C#N)cc1. The molecule has 0 saturated carbocycles. The van der Waals surface area contributed by atoms with Crippen LogP contribution in [0.15, 0.2) is 29.2 Å². The van der Waals surface area contributed by atoms with E-state index in [0.29, 0.717) is 11.1 Å². The fourth-order valence-electron chi connectivity index (χ4n) is 1.03. The summed E-state index contributed by atoms with van der Waals surface area (Å²) in [5, 5.41) is 17.2. The van der Waals surface area contributed by atoms with Crippen LogP contribution in [0.5, 0.6) is 0 Å². The summed E-state index contributed by atoms with van der Waals surface area (Å²) >= 11 is 0. The van der Waals surface area contributed by atoms with Crippen LogP contribution in [0.3, 0.4) is 0 Å². The van der Waals surface area contributed by atoms with E-state index in [1.165, 1.54) is 6.08 Å². The normalized spacial score (nSPS) is 11.6. The first kappa shape index (κ1) is 12.0. The Morgan fingerprint density at radius 2 is 1.81 bits per heavy atom. The van der Waals surface area contributed by atoms with Crippen LogP contribution < -0.4 is 0 Å². The van der Waals surface area contributed by atoms with E-state index in [9.17, 15) is 8.42 Å². The molecule has 80 valence electrons. The van der Waals surface area contributed by atoms with Crippen LogP contribution in [0, 0.1) is 22.7 Å². The first-order valence-corrected chi connectivity index (χ1v) is 6.18. The minimum absolute atomic E-state index is 0.294. The fraction of sp³-hybridized carbons (Fsp3) is 0.0909. The van der Waals surface area contributed by atoms with E-state index < -0.39 is 9.84 Å². The van der Waals surface area contributed by atoms with Crippen LogP contribution in [-0.2, 0) is 9.84 Å². The first-order valence-electron chi connectivity index (χ1n) is 4.29. The average Bonchev–Trinajstić information content (AvgIpc) is 2.25. The molecule has 0 radical (unpaired) electrons. The summed E-state index contributed by atoms with van der Waals surface area (Å²) in [5.74, 6) is 0. The Kier molecular flexibility index (Phi) is 3.44.